The summed E-state index contributed by atoms with van der Waals surface area (Å²) < 4.78 is 0.990. The Morgan fingerprint density at radius 3 is 2.84 bits per heavy atom. The molecule has 2 nitrogen and oxygen atoms in total. The van der Waals surface area contributed by atoms with Crippen LogP contribution in [0.15, 0.2) is 22.7 Å². The Kier molecular flexibility index (Phi) is 4.34. The average Bonchev–Trinajstić information content (AvgIpc) is 2.31. The van der Waals surface area contributed by atoms with Crippen LogP contribution in [-0.4, -0.2) is 11.9 Å². The van der Waals surface area contributed by atoms with Crippen molar-refractivity contribution >= 4 is 21.8 Å². The molecule has 1 aliphatic carbocycles. The molecule has 0 aliphatic heterocycles. The van der Waals surface area contributed by atoms with Crippen LogP contribution in [0.3, 0.4) is 0 Å². The minimum atomic E-state index is 0.0569. The standard InChI is InChI=1S/C16H22BrNO/c1-11-13(7-4-8-14(11)17)15(19)18-12-6-5-9-16(2,3)10-12/h4,7-8,12H,5-6,9-10H2,1-3H3,(H,18,19). The van der Waals surface area contributed by atoms with Crippen LogP contribution in [0, 0.1) is 12.3 Å². The molecular formula is C16H22BrNO. The van der Waals surface area contributed by atoms with E-state index in [0.717, 1.165) is 28.4 Å². The molecule has 1 N–H and O–H groups in total. The van der Waals surface area contributed by atoms with Crippen molar-refractivity contribution in [2.24, 2.45) is 5.41 Å². The smallest absolute Gasteiger partial charge is 0.251 e. The van der Waals surface area contributed by atoms with Crippen LogP contribution in [0.1, 0.15) is 55.5 Å². The largest absolute Gasteiger partial charge is 0.349 e. The van der Waals surface area contributed by atoms with E-state index in [1.54, 1.807) is 0 Å². The Balaban J connectivity index is 2.07. The normalized spacial score (nSPS) is 22.0. The van der Waals surface area contributed by atoms with E-state index in [2.05, 4.69) is 35.1 Å². The first-order chi connectivity index (χ1) is 8.89. The van der Waals surface area contributed by atoms with Crippen LogP contribution in [-0.2, 0) is 0 Å². The lowest BCUT2D eigenvalue weighted by Gasteiger charge is -2.35. The summed E-state index contributed by atoms with van der Waals surface area (Å²) in [6.45, 7) is 6.55. The van der Waals surface area contributed by atoms with Crippen molar-refractivity contribution in [3.05, 3.63) is 33.8 Å². The lowest BCUT2D eigenvalue weighted by Crippen LogP contribution is -2.40. The van der Waals surface area contributed by atoms with Crippen LogP contribution in [0.25, 0.3) is 0 Å². The van der Waals surface area contributed by atoms with Gasteiger partial charge in [-0.15, -0.1) is 0 Å². The predicted octanol–water partition coefficient (Wildman–Crippen LogP) is 4.46. The van der Waals surface area contributed by atoms with Gasteiger partial charge in [-0.3, -0.25) is 4.79 Å². The third kappa shape index (κ3) is 3.59. The fraction of sp³-hybridized carbons (Fsp3) is 0.562. The molecule has 0 bridgehead atoms. The highest BCUT2D eigenvalue weighted by molar-refractivity contribution is 9.10. The molecule has 2 rings (SSSR count). The first-order valence-corrected chi connectivity index (χ1v) is 7.74. The molecule has 1 unspecified atom stereocenters. The van der Waals surface area contributed by atoms with E-state index in [1.165, 1.54) is 12.8 Å². The second-order valence-electron chi connectivity index (χ2n) is 6.34. The molecule has 104 valence electrons. The predicted molar refractivity (Wildman–Crippen MR) is 82.4 cm³/mol. The molecule has 1 aromatic rings. The van der Waals surface area contributed by atoms with Gasteiger partial charge in [0.05, 0.1) is 0 Å². The van der Waals surface area contributed by atoms with E-state index < -0.39 is 0 Å². The molecule has 3 heteroatoms. The van der Waals surface area contributed by atoms with E-state index in [9.17, 15) is 4.79 Å². The van der Waals surface area contributed by atoms with Crippen molar-refractivity contribution in [1.29, 1.82) is 0 Å². The van der Waals surface area contributed by atoms with Gasteiger partial charge in [-0.1, -0.05) is 42.3 Å². The van der Waals surface area contributed by atoms with Crippen molar-refractivity contribution in [2.75, 3.05) is 0 Å². The van der Waals surface area contributed by atoms with E-state index in [1.807, 2.05) is 25.1 Å². The number of carbonyl (C=O) groups excluding carboxylic acids is 1. The van der Waals surface area contributed by atoms with E-state index in [-0.39, 0.29) is 5.91 Å². The third-order valence-corrected chi connectivity index (χ3v) is 4.91. The number of amides is 1. The van der Waals surface area contributed by atoms with Gasteiger partial charge in [0, 0.05) is 16.1 Å². The zero-order valence-electron chi connectivity index (χ0n) is 11.9. The fourth-order valence-corrected chi connectivity index (χ4v) is 3.30. The highest BCUT2D eigenvalue weighted by atomic mass is 79.9. The molecule has 1 saturated carbocycles. The summed E-state index contributed by atoms with van der Waals surface area (Å²) in [5.74, 6) is 0.0569. The number of hydrogen-bond acceptors (Lipinski definition) is 1. The third-order valence-electron chi connectivity index (χ3n) is 4.05. The molecule has 0 aromatic heterocycles. The lowest BCUT2D eigenvalue weighted by molar-refractivity contribution is 0.0902. The quantitative estimate of drug-likeness (QED) is 0.855. The number of halogens is 1. The summed E-state index contributed by atoms with van der Waals surface area (Å²) >= 11 is 3.48. The Labute approximate surface area is 124 Å². The molecule has 0 heterocycles. The molecule has 0 saturated heterocycles. The minimum Gasteiger partial charge on any atom is -0.349 e. The van der Waals surface area contributed by atoms with Gasteiger partial charge in [0.1, 0.15) is 0 Å². The summed E-state index contributed by atoms with van der Waals surface area (Å²) in [6.07, 6.45) is 4.64. The lowest BCUT2D eigenvalue weighted by atomic mass is 9.75. The molecule has 1 fully saturated rings. The van der Waals surface area contributed by atoms with E-state index >= 15 is 0 Å². The highest BCUT2D eigenvalue weighted by Gasteiger charge is 2.29. The van der Waals surface area contributed by atoms with Crippen LogP contribution in [0.5, 0.6) is 0 Å². The SMILES string of the molecule is Cc1c(Br)cccc1C(=O)NC1CCCC(C)(C)C1. The molecular weight excluding hydrogens is 302 g/mol. The summed E-state index contributed by atoms with van der Waals surface area (Å²) in [5.41, 5.74) is 2.13. The summed E-state index contributed by atoms with van der Waals surface area (Å²) in [5, 5.41) is 3.20. The second kappa shape index (κ2) is 5.66. The second-order valence-corrected chi connectivity index (χ2v) is 7.20. The van der Waals surface area contributed by atoms with Gasteiger partial charge in [-0.05, 0) is 49.3 Å². The van der Waals surface area contributed by atoms with Crippen LogP contribution < -0.4 is 5.32 Å². The van der Waals surface area contributed by atoms with Crippen LogP contribution >= 0.6 is 15.9 Å². The van der Waals surface area contributed by atoms with Crippen LogP contribution in [0.4, 0.5) is 0 Å². The molecule has 0 radical (unpaired) electrons. The number of nitrogens with one attached hydrogen (secondary N) is 1. The Hall–Kier alpha value is -0.830. The van der Waals surface area contributed by atoms with Gasteiger partial charge in [0.25, 0.3) is 5.91 Å². The van der Waals surface area contributed by atoms with E-state index in [0.29, 0.717) is 11.5 Å². The van der Waals surface area contributed by atoms with Gasteiger partial charge in [0.15, 0.2) is 0 Å². The maximum atomic E-state index is 12.4. The molecule has 1 aliphatic rings. The Morgan fingerprint density at radius 2 is 2.16 bits per heavy atom. The van der Waals surface area contributed by atoms with Gasteiger partial charge in [0.2, 0.25) is 0 Å². The molecule has 1 aromatic carbocycles. The summed E-state index contributed by atoms with van der Waals surface area (Å²) in [6, 6.07) is 6.09. The van der Waals surface area contributed by atoms with Crippen molar-refractivity contribution in [3.63, 3.8) is 0 Å². The molecule has 1 amide bonds. The maximum Gasteiger partial charge on any atom is 0.251 e. The van der Waals surface area contributed by atoms with Crippen molar-refractivity contribution in [1.82, 2.24) is 5.32 Å². The number of hydrogen-bond donors (Lipinski definition) is 1. The first kappa shape index (κ1) is 14.6. The molecule has 1 atom stereocenters. The zero-order chi connectivity index (χ0) is 14.0. The topological polar surface area (TPSA) is 29.1 Å². The monoisotopic (exact) mass is 323 g/mol. The van der Waals surface area contributed by atoms with E-state index in [4.69, 9.17) is 0 Å². The Morgan fingerprint density at radius 1 is 1.42 bits per heavy atom. The van der Waals surface area contributed by atoms with Gasteiger partial charge < -0.3 is 5.32 Å². The number of rotatable bonds is 2. The van der Waals surface area contributed by atoms with Crippen molar-refractivity contribution < 1.29 is 4.79 Å². The van der Waals surface area contributed by atoms with Gasteiger partial charge in [-0.25, -0.2) is 0 Å². The number of benzene rings is 1. The Bertz CT molecular complexity index is 482. The summed E-state index contributed by atoms with van der Waals surface area (Å²) in [4.78, 5) is 12.4. The minimum absolute atomic E-state index is 0.0569. The molecule has 19 heavy (non-hydrogen) atoms. The van der Waals surface area contributed by atoms with Gasteiger partial charge >= 0.3 is 0 Å². The van der Waals surface area contributed by atoms with Crippen molar-refractivity contribution in [3.8, 4) is 0 Å². The van der Waals surface area contributed by atoms with Crippen LogP contribution in [0.2, 0.25) is 0 Å². The first-order valence-electron chi connectivity index (χ1n) is 6.95. The zero-order valence-corrected chi connectivity index (χ0v) is 13.5. The highest BCUT2D eigenvalue weighted by Crippen LogP contribution is 2.35. The number of carbonyl (C=O) groups is 1. The maximum absolute atomic E-state index is 12.4. The fourth-order valence-electron chi connectivity index (χ4n) is 2.94. The summed E-state index contributed by atoms with van der Waals surface area (Å²) in [7, 11) is 0. The van der Waals surface area contributed by atoms with Gasteiger partial charge in [-0.2, -0.15) is 0 Å². The van der Waals surface area contributed by atoms with Crippen molar-refractivity contribution in [2.45, 2.75) is 52.5 Å². The molecule has 0 spiro atoms. The average molecular weight is 324 g/mol.